The van der Waals surface area contributed by atoms with Gasteiger partial charge in [-0.25, -0.2) is 9.18 Å². The van der Waals surface area contributed by atoms with Crippen LogP contribution in [0.25, 0.3) is 0 Å². The van der Waals surface area contributed by atoms with Crippen LogP contribution in [0.3, 0.4) is 0 Å². The normalized spacial score (nSPS) is 15.3. The number of hydrogen-bond donors (Lipinski definition) is 2. The lowest BCUT2D eigenvalue weighted by Gasteiger charge is -2.29. The van der Waals surface area contributed by atoms with E-state index < -0.39 is 17.7 Å². The molecule has 8 heteroatoms. The Morgan fingerprint density at radius 2 is 1.94 bits per heavy atom. The van der Waals surface area contributed by atoms with Gasteiger partial charge in [0.15, 0.2) is 0 Å². The largest absolute Gasteiger partial charge is 0.458 e. The molecule has 0 spiro atoms. The van der Waals surface area contributed by atoms with E-state index in [1.54, 1.807) is 19.1 Å². The molecule has 0 aromatic heterocycles. The van der Waals surface area contributed by atoms with Crippen LogP contribution in [0.1, 0.15) is 24.0 Å². The third-order valence-electron chi connectivity index (χ3n) is 5.18. The average molecular weight is 478 g/mol. The Balaban J connectivity index is 1.93. The van der Waals surface area contributed by atoms with Crippen molar-refractivity contribution in [3.8, 4) is 6.07 Å². The number of nitrogens with zero attached hydrogens (tertiary/aromatic N) is 1. The predicted molar refractivity (Wildman–Crippen MR) is 131 cm³/mol. The molecule has 0 aliphatic carbocycles. The molecule has 2 aromatic carbocycles. The van der Waals surface area contributed by atoms with Gasteiger partial charge in [0.25, 0.3) is 0 Å². The Kier molecular flexibility index (Phi) is 8.28. The van der Waals surface area contributed by atoms with Gasteiger partial charge < -0.3 is 15.4 Å². The van der Waals surface area contributed by atoms with Gasteiger partial charge in [0, 0.05) is 16.9 Å². The highest BCUT2D eigenvalue weighted by atomic mass is 32.2. The van der Waals surface area contributed by atoms with Crippen molar-refractivity contribution in [2.24, 2.45) is 0 Å². The van der Waals surface area contributed by atoms with Gasteiger partial charge in [-0.2, -0.15) is 5.26 Å². The number of aryl methyl sites for hydroxylation is 1. The molecule has 6 nitrogen and oxygen atoms in total. The maximum Gasteiger partial charge on any atom is 0.337 e. The van der Waals surface area contributed by atoms with Gasteiger partial charge in [-0.3, -0.25) is 4.79 Å². The molecule has 2 N–H and O–H groups in total. The second-order valence-electron chi connectivity index (χ2n) is 7.51. The van der Waals surface area contributed by atoms with Gasteiger partial charge in [-0.1, -0.05) is 60.8 Å². The van der Waals surface area contributed by atoms with Gasteiger partial charge in [0.1, 0.15) is 12.4 Å². The monoisotopic (exact) mass is 477 g/mol. The van der Waals surface area contributed by atoms with Crippen molar-refractivity contribution < 1.29 is 18.7 Å². The van der Waals surface area contributed by atoms with Crippen LogP contribution in [-0.2, 0) is 14.3 Å². The number of ether oxygens (including phenoxy) is 1. The molecule has 1 amide bonds. The first kappa shape index (κ1) is 24.8. The zero-order chi connectivity index (χ0) is 24.7. The van der Waals surface area contributed by atoms with E-state index in [9.17, 15) is 19.2 Å². The molecule has 0 radical (unpaired) electrons. The van der Waals surface area contributed by atoms with E-state index in [1.165, 1.54) is 24.3 Å². The van der Waals surface area contributed by atoms with Crippen LogP contribution in [0.4, 0.5) is 10.1 Å². The van der Waals surface area contributed by atoms with Crippen molar-refractivity contribution in [3.63, 3.8) is 0 Å². The van der Waals surface area contributed by atoms with E-state index >= 15 is 0 Å². The van der Waals surface area contributed by atoms with Crippen LogP contribution < -0.4 is 10.6 Å². The number of esters is 1. The lowest BCUT2D eigenvalue weighted by atomic mass is 9.82. The topological polar surface area (TPSA) is 91.2 Å². The summed E-state index contributed by atoms with van der Waals surface area (Å²) in [5.74, 6) is -2.45. The molecule has 3 rings (SSSR count). The quantitative estimate of drug-likeness (QED) is 0.414. The Hall–Kier alpha value is -3.83. The minimum Gasteiger partial charge on any atom is -0.458 e. The molecule has 174 valence electrons. The highest BCUT2D eigenvalue weighted by Gasteiger charge is 2.37. The SMILES string of the molecule is C=CCOC(=O)C1=C(C)NC(SCC(=O)Nc2ccccc2C)=C(C#N)[C@@H]1c1ccccc1F. The first-order chi connectivity index (χ1) is 16.4. The number of allylic oxidation sites excluding steroid dienone is 2. The summed E-state index contributed by atoms with van der Waals surface area (Å²) in [6.07, 6.45) is 1.43. The molecule has 1 atom stereocenters. The highest BCUT2D eigenvalue weighted by Crippen LogP contribution is 2.41. The third-order valence-corrected chi connectivity index (χ3v) is 6.20. The molecule has 0 unspecified atom stereocenters. The predicted octanol–water partition coefficient (Wildman–Crippen LogP) is 4.93. The number of carbonyl (C=O) groups is 2. The fourth-order valence-electron chi connectivity index (χ4n) is 3.57. The number of dihydropyridines is 1. The summed E-state index contributed by atoms with van der Waals surface area (Å²) >= 11 is 1.11. The number of thioether (sulfide) groups is 1. The number of para-hydroxylation sites is 1. The van der Waals surface area contributed by atoms with E-state index in [0.717, 1.165) is 17.3 Å². The van der Waals surface area contributed by atoms with Crippen LogP contribution in [0.2, 0.25) is 0 Å². The number of anilines is 1. The maximum absolute atomic E-state index is 14.8. The first-order valence-electron chi connectivity index (χ1n) is 10.5. The zero-order valence-electron chi connectivity index (χ0n) is 18.9. The van der Waals surface area contributed by atoms with E-state index in [2.05, 4.69) is 23.3 Å². The number of hydrogen-bond acceptors (Lipinski definition) is 6. The lowest BCUT2D eigenvalue weighted by Crippen LogP contribution is -2.30. The number of nitriles is 1. The third kappa shape index (κ3) is 5.56. The Bertz CT molecular complexity index is 1230. The number of benzene rings is 2. The fourth-order valence-corrected chi connectivity index (χ4v) is 4.46. The second-order valence-corrected chi connectivity index (χ2v) is 8.50. The summed E-state index contributed by atoms with van der Waals surface area (Å²) in [7, 11) is 0. The first-order valence-corrected chi connectivity index (χ1v) is 11.5. The van der Waals surface area contributed by atoms with Crippen LogP contribution in [-0.4, -0.2) is 24.2 Å². The van der Waals surface area contributed by atoms with Crippen LogP contribution >= 0.6 is 11.8 Å². The van der Waals surface area contributed by atoms with E-state index in [0.29, 0.717) is 16.4 Å². The smallest absolute Gasteiger partial charge is 0.337 e. The summed E-state index contributed by atoms with van der Waals surface area (Å²) in [6.45, 7) is 7.06. The Morgan fingerprint density at radius 3 is 2.62 bits per heavy atom. The summed E-state index contributed by atoms with van der Waals surface area (Å²) in [5, 5.41) is 16.3. The van der Waals surface area contributed by atoms with Crippen LogP contribution in [0.15, 0.2) is 83.1 Å². The van der Waals surface area contributed by atoms with Crippen molar-refractivity contribution in [1.29, 1.82) is 5.26 Å². The number of carbonyl (C=O) groups excluding carboxylic acids is 2. The number of rotatable bonds is 8. The van der Waals surface area contributed by atoms with E-state index in [-0.39, 0.29) is 35.0 Å². The summed E-state index contributed by atoms with van der Waals surface area (Å²) < 4.78 is 20.0. The molecule has 2 aromatic rings. The van der Waals surface area contributed by atoms with E-state index in [4.69, 9.17) is 4.74 Å². The van der Waals surface area contributed by atoms with Crippen molar-refractivity contribution in [1.82, 2.24) is 5.32 Å². The lowest BCUT2D eigenvalue weighted by molar-refractivity contribution is -0.138. The number of amides is 1. The molecular weight excluding hydrogens is 453 g/mol. The zero-order valence-corrected chi connectivity index (χ0v) is 19.7. The van der Waals surface area contributed by atoms with Crippen LogP contribution in [0.5, 0.6) is 0 Å². The van der Waals surface area contributed by atoms with Gasteiger partial charge in [-0.05, 0) is 31.5 Å². The van der Waals surface area contributed by atoms with Crippen molar-refractivity contribution in [2.75, 3.05) is 17.7 Å². The average Bonchev–Trinajstić information content (AvgIpc) is 2.82. The summed E-state index contributed by atoms with van der Waals surface area (Å²) in [4.78, 5) is 25.4. The Labute approximate surface area is 202 Å². The molecule has 0 saturated carbocycles. The minimum absolute atomic E-state index is 0.00929. The maximum atomic E-state index is 14.8. The van der Waals surface area contributed by atoms with Crippen molar-refractivity contribution in [3.05, 3.63) is 100 Å². The fraction of sp³-hybridized carbons (Fsp3) is 0.192. The summed E-state index contributed by atoms with van der Waals surface area (Å²) in [5.41, 5.74) is 2.49. The van der Waals surface area contributed by atoms with Crippen molar-refractivity contribution >= 4 is 29.3 Å². The van der Waals surface area contributed by atoms with Gasteiger partial charge in [0.05, 0.1) is 33.9 Å². The van der Waals surface area contributed by atoms with Gasteiger partial charge in [0.2, 0.25) is 5.91 Å². The molecule has 34 heavy (non-hydrogen) atoms. The number of nitrogens with one attached hydrogen (secondary N) is 2. The minimum atomic E-state index is -0.980. The molecule has 0 saturated heterocycles. The standard InChI is InChI=1S/C26H24FN3O3S/c1-4-13-33-26(32)23-17(3)29-25(19(14-28)24(23)18-10-6-7-11-20(18)27)34-15-22(31)30-21-12-8-5-9-16(21)2/h4-12,24,29H,1,13,15H2,2-3H3,(H,30,31)/t24-/m0/s1. The molecule has 1 aliphatic heterocycles. The highest BCUT2D eigenvalue weighted by molar-refractivity contribution is 8.03. The molecular formula is C26H24FN3O3S. The van der Waals surface area contributed by atoms with E-state index in [1.807, 2.05) is 25.1 Å². The molecule has 1 heterocycles. The molecule has 1 aliphatic rings. The number of halogens is 1. The molecule has 0 fully saturated rings. The van der Waals surface area contributed by atoms with Gasteiger partial charge >= 0.3 is 5.97 Å². The second kappa shape index (κ2) is 11.3. The van der Waals surface area contributed by atoms with Gasteiger partial charge in [-0.15, -0.1) is 0 Å². The van der Waals surface area contributed by atoms with Crippen molar-refractivity contribution in [2.45, 2.75) is 19.8 Å². The molecule has 0 bridgehead atoms. The Morgan fingerprint density at radius 1 is 1.24 bits per heavy atom. The summed E-state index contributed by atoms with van der Waals surface area (Å²) in [6, 6.07) is 15.5. The van der Waals surface area contributed by atoms with Crippen LogP contribution in [0, 0.1) is 24.1 Å².